The maximum atomic E-state index is 12.9. The summed E-state index contributed by atoms with van der Waals surface area (Å²) in [4.78, 5) is 18.0. The fourth-order valence-electron chi connectivity index (χ4n) is 4.00. The SMILES string of the molecule is CC(N)=NC(=N)C1(c2ccc(C(=O)Oc3cc(-c4ccc(Cl)s4)ccc3N)cc2)CCOCC1. The number of nitrogen functional groups attached to an aromatic ring is 1. The summed E-state index contributed by atoms with van der Waals surface area (Å²) in [6, 6.07) is 16.1. The fraction of sp³-hybridized carbons (Fsp3) is 0.240. The molecular weight excluding hydrogens is 472 g/mol. The van der Waals surface area contributed by atoms with Crippen LogP contribution in [-0.4, -0.2) is 30.9 Å². The van der Waals surface area contributed by atoms with Crippen LogP contribution in [0.15, 0.2) is 59.6 Å². The largest absolute Gasteiger partial charge is 0.421 e. The lowest BCUT2D eigenvalue weighted by Crippen LogP contribution is -2.41. The molecule has 9 heteroatoms. The van der Waals surface area contributed by atoms with Crippen molar-refractivity contribution in [2.75, 3.05) is 18.9 Å². The summed E-state index contributed by atoms with van der Waals surface area (Å²) < 4.78 is 11.8. The molecule has 1 aliphatic heterocycles. The third kappa shape index (κ3) is 4.99. The summed E-state index contributed by atoms with van der Waals surface area (Å²) in [5.41, 5.74) is 13.7. The number of benzene rings is 2. The first-order valence-corrected chi connectivity index (χ1v) is 11.9. The minimum absolute atomic E-state index is 0.199. The number of thiophene rings is 1. The number of nitrogens with zero attached hydrogens (tertiary/aromatic N) is 1. The van der Waals surface area contributed by atoms with Crippen LogP contribution in [0.3, 0.4) is 0 Å². The van der Waals surface area contributed by atoms with E-state index in [1.807, 2.05) is 30.3 Å². The number of esters is 1. The highest BCUT2D eigenvalue weighted by Crippen LogP contribution is 2.37. The van der Waals surface area contributed by atoms with Gasteiger partial charge in [0.15, 0.2) is 5.75 Å². The zero-order chi connectivity index (χ0) is 24.3. The van der Waals surface area contributed by atoms with Crippen LogP contribution in [0.5, 0.6) is 5.75 Å². The van der Waals surface area contributed by atoms with Crippen molar-refractivity contribution in [2.45, 2.75) is 25.2 Å². The van der Waals surface area contributed by atoms with E-state index in [1.165, 1.54) is 11.3 Å². The lowest BCUT2D eigenvalue weighted by atomic mass is 9.73. The molecule has 1 fully saturated rings. The van der Waals surface area contributed by atoms with Crippen LogP contribution in [0.2, 0.25) is 4.34 Å². The Hall–Kier alpha value is -3.20. The van der Waals surface area contributed by atoms with Crippen molar-refractivity contribution < 1.29 is 14.3 Å². The van der Waals surface area contributed by atoms with Crippen molar-refractivity contribution in [2.24, 2.45) is 10.7 Å². The van der Waals surface area contributed by atoms with E-state index in [0.29, 0.717) is 47.5 Å². The molecule has 0 saturated carbocycles. The van der Waals surface area contributed by atoms with Crippen molar-refractivity contribution in [1.82, 2.24) is 0 Å². The fourth-order valence-corrected chi connectivity index (χ4v) is 5.03. The Morgan fingerprint density at radius 2 is 1.85 bits per heavy atom. The normalized spacial score (nSPS) is 15.6. The monoisotopic (exact) mass is 496 g/mol. The maximum Gasteiger partial charge on any atom is 0.343 e. The van der Waals surface area contributed by atoms with E-state index in [0.717, 1.165) is 16.0 Å². The number of anilines is 1. The van der Waals surface area contributed by atoms with Crippen molar-refractivity contribution in [3.05, 3.63) is 70.1 Å². The number of hydrogen-bond donors (Lipinski definition) is 3. The Kier molecular flexibility index (Phi) is 7.02. The summed E-state index contributed by atoms with van der Waals surface area (Å²) in [5, 5.41) is 8.57. The average molecular weight is 497 g/mol. The number of carbonyl (C=O) groups excluding carboxylic acids is 1. The van der Waals surface area contributed by atoms with Gasteiger partial charge in [-0.3, -0.25) is 5.41 Å². The van der Waals surface area contributed by atoms with E-state index in [-0.39, 0.29) is 11.6 Å². The van der Waals surface area contributed by atoms with E-state index in [4.69, 9.17) is 38.0 Å². The molecule has 5 N–H and O–H groups in total. The summed E-state index contributed by atoms with van der Waals surface area (Å²) in [5.74, 6) is 0.295. The van der Waals surface area contributed by atoms with E-state index < -0.39 is 11.4 Å². The van der Waals surface area contributed by atoms with Gasteiger partial charge < -0.3 is 20.9 Å². The van der Waals surface area contributed by atoms with Crippen LogP contribution in [0.25, 0.3) is 10.4 Å². The van der Waals surface area contributed by atoms with Crippen molar-refractivity contribution in [3.63, 3.8) is 0 Å². The molecule has 0 atom stereocenters. The van der Waals surface area contributed by atoms with Gasteiger partial charge in [0, 0.05) is 18.1 Å². The van der Waals surface area contributed by atoms with Gasteiger partial charge in [-0.25, -0.2) is 9.79 Å². The first kappa shape index (κ1) is 23.9. The van der Waals surface area contributed by atoms with E-state index in [2.05, 4.69) is 4.99 Å². The van der Waals surface area contributed by atoms with Crippen LogP contribution in [0, 0.1) is 5.41 Å². The number of nitrogens with one attached hydrogen (secondary N) is 1. The highest BCUT2D eigenvalue weighted by atomic mass is 35.5. The van der Waals surface area contributed by atoms with Gasteiger partial charge in [-0.1, -0.05) is 29.8 Å². The van der Waals surface area contributed by atoms with Crippen LogP contribution < -0.4 is 16.2 Å². The number of halogens is 1. The molecule has 7 nitrogen and oxygen atoms in total. The molecule has 0 amide bonds. The molecule has 0 unspecified atom stereocenters. The van der Waals surface area contributed by atoms with Crippen molar-refractivity contribution >= 4 is 46.3 Å². The molecular formula is C25H25ClN4O3S. The Morgan fingerprint density at radius 3 is 2.47 bits per heavy atom. The average Bonchev–Trinajstić information content (AvgIpc) is 3.26. The summed E-state index contributed by atoms with van der Waals surface area (Å²) in [7, 11) is 0. The van der Waals surface area contributed by atoms with E-state index >= 15 is 0 Å². The van der Waals surface area contributed by atoms with Gasteiger partial charge in [-0.2, -0.15) is 0 Å². The Balaban J connectivity index is 1.57. The van der Waals surface area contributed by atoms with Gasteiger partial charge in [-0.15, -0.1) is 11.3 Å². The molecule has 0 aliphatic carbocycles. The number of carbonyl (C=O) groups is 1. The zero-order valence-electron chi connectivity index (χ0n) is 18.6. The molecule has 0 spiro atoms. The van der Waals surface area contributed by atoms with Crippen molar-refractivity contribution in [3.8, 4) is 16.2 Å². The molecule has 1 aliphatic rings. The summed E-state index contributed by atoms with van der Waals surface area (Å²) in [6.45, 7) is 2.71. The smallest absolute Gasteiger partial charge is 0.343 e. The third-order valence-electron chi connectivity index (χ3n) is 5.83. The highest BCUT2D eigenvalue weighted by molar-refractivity contribution is 7.19. The lowest BCUT2D eigenvalue weighted by molar-refractivity contribution is 0.0701. The summed E-state index contributed by atoms with van der Waals surface area (Å²) >= 11 is 7.48. The van der Waals surface area contributed by atoms with E-state index in [9.17, 15) is 4.79 Å². The molecule has 1 aromatic heterocycles. The molecule has 34 heavy (non-hydrogen) atoms. The molecule has 1 saturated heterocycles. The van der Waals surface area contributed by atoms with Crippen molar-refractivity contribution in [1.29, 1.82) is 5.41 Å². The second-order valence-corrected chi connectivity index (χ2v) is 9.83. The molecule has 2 heterocycles. The Morgan fingerprint density at radius 1 is 1.15 bits per heavy atom. The number of amidine groups is 2. The molecule has 0 bridgehead atoms. The first-order valence-electron chi connectivity index (χ1n) is 10.7. The van der Waals surface area contributed by atoms with Gasteiger partial charge in [0.2, 0.25) is 0 Å². The minimum atomic E-state index is -0.609. The Labute approximate surface area is 206 Å². The van der Waals surface area contributed by atoms with Gasteiger partial charge in [0.1, 0.15) is 5.84 Å². The van der Waals surface area contributed by atoms with Gasteiger partial charge in [-0.05, 0) is 67.3 Å². The van der Waals surface area contributed by atoms with Gasteiger partial charge in [0.25, 0.3) is 0 Å². The van der Waals surface area contributed by atoms with Crippen LogP contribution in [-0.2, 0) is 10.2 Å². The zero-order valence-corrected chi connectivity index (χ0v) is 20.2. The van der Waals surface area contributed by atoms with Gasteiger partial charge in [0.05, 0.1) is 26.8 Å². The topological polar surface area (TPSA) is 124 Å². The Bertz CT molecular complexity index is 1240. The predicted molar refractivity (Wildman–Crippen MR) is 137 cm³/mol. The number of rotatable bonds is 5. The number of nitrogens with two attached hydrogens (primary N) is 2. The first-order chi connectivity index (χ1) is 16.3. The van der Waals surface area contributed by atoms with Crippen LogP contribution in [0.1, 0.15) is 35.7 Å². The maximum absolute atomic E-state index is 12.9. The second-order valence-electron chi connectivity index (χ2n) is 8.12. The number of ether oxygens (including phenoxy) is 2. The lowest BCUT2D eigenvalue weighted by Gasteiger charge is -2.36. The molecule has 0 radical (unpaired) electrons. The second kappa shape index (κ2) is 9.97. The van der Waals surface area contributed by atoms with E-state index in [1.54, 1.807) is 31.2 Å². The standard InChI is InChI=1S/C25H25ClN4O3S/c1-15(27)30-24(29)25(10-12-32-13-11-25)18-5-2-16(3-6-18)23(31)33-20-14-17(4-7-19(20)28)21-8-9-22(26)34-21/h2-9,14H,10-13,28H2,1H3,(H3,27,29,30). The highest BCUT2D eigenvalue weighted by Gasteiger charge is 2.39. The molecule has 2 aromatic carbocycles. The number of aliphatic imine (C=N–C) groups is 1. The van der Waals surface area contributed by atoms with Crippen LogP contribution >= 0.6 is 22.9 Å². The molecule has 3 aromatic rings. The quantitative estimate of drug-likeness (QED) is 0.146. The van der Waals surface area contributed by atoms with Crippen LogP contribution in [0.4, 0.5) is 5.69 Å². The molecule has 4 rings (SSSR count). The van der Waals surface area contributed by atoms with Gasteiger partial charge >= 0.3 is 5.97 Å². The summed E-state index contributed by atoms with van der Waals surface area (Å²) in [6.07, 6.45) is 1.23. The third-order valence-corrected chi connectivity index (χ3v) is 7.12. The predicted octanol–water partition coefficient (Wildman–Crippen LogP) is 5.27. The number of hydrogen-bond acceptors (Lipinski definition) is 6. The minimum Gasteiger partial charge on any atom is -0.421 e. The molecule has 176 valence electrons.